The molecule has 1 atom stereocenters. The molecule has 0 unspecified atom stereocenters. The number of likely N-dealkylation sites (tertiary alicyclic amines) is 1. The fourth-order valence-corrected chi connectivity index (χ4v) is 4.82. The number of fused-ring (bicyclic) bond motifs is 1. The van der Waals surface area contributed by atoms with Crippen LogP contribution in [0.4, 0.5) is 0 Å². The predicted molar refractivity (Wildman–Crippen MR) is 89.3 cm³/mol. The standard InChI is InChI=1S/C17H20N4OS/c1-20-11-18-19-16(20)12-6-8-21(9-7-12)17(22)15-10-13-4-2-3-5-14(13)23-15/h2-5,11-12,15H,6-10H2,1H3/t15-/m0/s1. The van der Waals surface area contributed by atoms with E-state index in [-0.39, 0.29) is 5.25 Å². The van der Waals surface area contributed by atoms with Crippen LogP contribution in [0, 0.1) is 0 Å². The second-order valence-electron chi connectivity index (χ2n) is 6.32. The maximum absolute atomic E-state index is 12.8. The zero-order valence-corrected chi connectivity index (χ0v) is 14.0. The summed E-state index contributed by atoms with van der Waals surface area (Å²) in [6.45, 7) is 1.65. The van der Waals surface area contributed by atoms with Crippen molar-refractivity contribution in [1.82, 2.24) is 19.7 Å². The molecule has 1 aromatic heterocycles. The van der Waals surface area contributed by atoms with Crippen LogP contribution in [-0.4, -0.2) is 43.9 Å². The molecular weight excluding hydrogens is 308 g/mol. The van der Waals surface area contributed by atoms with Crippen molar-refractivity contribution in [1.29, 1.82) is 0 Å². The van der Waals surface area contributed by atoms with Crippen LogP contribution in [0.1, 0.15) is 30.1 Å². The summed E-state index contributed by atoms with van der Waals surface area (Å²) >= 11 is 1.72. The van der Waals surface area contributed by atoms with Gasteiger partial charge < -0.3 is 9.47 Å². The van der Waals surface area contributed by atoms with Crippen LogP contribution in [0.2, 0.25) is 0 Å². The quantitative estimate of drug-likeness (QED) is 0.848. The highest BCUT2D eigenvalue weighted by Crippen LogP contribution is 2.38. The molecule has 0 N–H and O–H groups in total. The average Bonchev–Trinajstić information content (AvgIpc) is 3.20. The van der Waals surface area contributed by atoms with Crippen molar-refractivity contribution in [3.8, 4) is 0 Å². The van der Waals surface area contributed by atoms with Crippen molar-refractivity contribution < 1.29 is 4.79 Å². The lowest BCUT2D eigenvalue weighted by atomic mass is 9.95. The van der Waals surface area contributed by atoms with E-state index in [9.17, 15) is 4.79 Å². The van der Waals surface area contributed by atoms with Gasteiger partial charge in [0.05, 0.1) is 5.25 Å². The number of amides is 1. The van der Waals surface area contributed by atoms with Gasteiger partial charge in [0.2, 0.25) is 5.91 Å². The van der Waals surface area contributed by atoms with Crippen molar-refractivity contribution in [3.63, 3.8) is 0 Å². The van der Waals surface area contributed by atoms with Gasteiger partial charge in [-0.3, -0.25) is 4.79 Å². The molecule has 2 aliphatic heterocycles. The van der Waals surface area contributed by atoms with Gasteiger partial charge in [-0.05, 0) is 30.9 Å². The molecule has 120 valence electrons. The fourth-order valence-electron chi connectivity index (χ4n) is 3.54. The molecule has 1 fully saturated rings. The third-order valence-electron chi connectivity index (χ3n) is 4.84. The van der Waals surface area contributed by atoms with Crippen molar-refractivity contribution in [2.24, 2.45) is 7.05 Å². The molecule has 0 saturated carbocycles. The molecule has 3 heterocycles. The summed E-state index contributed by atoms with van der Waals surface area (Å²) < 4.78 is 1.99. The first-order chi connectivity index (χ1) is 11.2. The number of aromatic nitrogens is 3. The molecule has 2 aliphatic rings. The van der Waals surface area contributed by atoms with Crippen LogP contribution < -0.4 is 0 Å². The van der Waals surface area contributed by atoms with Gasteiger partial charge in [-0.25, -0.2) is 0 Å². The van der Waals surface area contributed by atoms with E-state index in [1.54, 1.807) is 18.1 Å². The third-order valence-corrected chi connectivity index (χ3v) is 6.15. The summed E-state index contributed by atoms with van der Waals surface area (Å²) in [4.78, 5) is 16.1. The smallest absolute Gasteiger partial charge is 0.236 e. The molecule has 4 rings (SSSR count). The Morgan fingerprint density at radius 2 is 2.04 bits per heavy atom. The Morgan fingerprint density at radius 3 is 2.74 bits per heavy atom. The first kappa shape index (κ1) is 14.8. The minimum atomic E-state index is 0.0544. The van der Waals surface area contributed by atoms with Crippen LogP contribution in [-0.2, 0) is 18.3 Å². The molecule has 1 aromatic carbocycles. The van der Waals surface area contributed by atoms with Crippen molar-refractivity contribution >= 4 is 17.7 Å². The van der Waals surface area contributed by atoms with Crippen LogP contribution in [0.15, 0.2) is 35.5 Å². The van der Waals surface area contributed by atoms with E-state index in [1.165, 1.54) is 10.5 Å². The van der Waals surface area contributed by atoms with Gasteiger partial charge in [-0.1, -0.05) is 18.2 Å². The predicted octanol–water partition coefficient (Wildman–Crippen LogP) is 2.24. The first-order valence-corrected chi connectivity index (χ1v) is 8.97. The SMILES string of the molecule is Cn1cnnc1C1CCN(C(=O)[C@@H]2Cc3ccccc3S2)CC1. The lowest BCUT2D eigenvalue weighted by molar-refractivity contribution is -0.131. The van der Waals surface area contributed by atoms with E-state index in [1.807, 2.05) is 22.6 Å². The highest BCUT2D eigenvalue weighted by Gasteiger charge is 2.34. The van der Waals surface area contributed by atoms with Gasteiger partial charge in [0.15, 0.2) is 0 Å². The monoisotopic (exact) mass is 328 g/mol. The van der Waals surface area contributed by atoms with E-state index in [2.05, 4.69) is 28.4 Å². The van der Waals surface area contributed by atoms with E-state index < -0.39 is 0 Å². The first-order valence-electron chi connectivity index (χ1n) is 8.09. The number of aryl methyl sites for hydroxylation is 1. The van der Waals surface area contributed by atoms with Crippen molar-refractivity contribution in [2.45, 2.75) is 35.3 Å². The van der Waals surface area contributed by atoms with E-state index in [0.717, 1.165) is 38.2 Å². The van der Waals surface area contributed by atoms with Gasteiger partial charge in [0.25, 0.3) is 0 Å². The van der Waals surface area contributed by atoms with Gasteiger partial charge in [-0.15, -0.1) is 22.0 Å². The Morgan fingerprint density at radius 1 is 1.26 bits per heavy atom. The lowest BCUT2D eigenvalue weighted by Crippen LogP contribution is -2.42. The largest absolute Gasteiger partial charge is 0.342 e. The van der Waals surface area contributed by atoms with Crippen molar-refractivity contribution in [2.75, 3.05) is 13.1 Å². The lowest BCUT2D eigenvalue weighted by Gasteiger charge is -2.32. The summed E-state index contributed by atoms with van der Waals surface area (Å²) in [5.74, 6) is 1.75. The molecule has 5 nitrogen and oxygen atoms in total. The molecular formula is C17H20N4OS. The van der Waals surface area contributed by atoms with Gasteiger partial charge in [0, 0.05) is 31.0 Å². The molecule has 0 aliphatic carbocycles. The highest BCUT2D eigenvalue weighted by molar-refractivity contribution is 8.01. The fraction of sp³-hybridized carbons (Fsp3) is 0.471. The minimum Gasteiger partial charge on any atom is -0.342 e. The summed E-state index contributed by atoms with van der Waals surface area (Å²) in [5, 5.41) is 8.24. The molecule has 1 amide bonds. The second kappa shape index (κ2) is 6.00. The Hall–Kier alpha value is -1.82. The molecule has 6 heteroatoms. The normalized spacial score (nSPS) is 21.4. The highest BCUT2D eigenvalue weighted by atomic mass is 32.2. The number of carbonyl (C=O) groups excluding carboxylic acids is 1. The molecule has 23 heavy (non-hydrogen) atoms. The van der Waals surface area contributed by atoms with Crippen LogP contribution >= 0.6 is 11.8 Å². The number of carbonyl (C=O) groups is 1. The number of rotatable bonds is 2. The summed E-state index contributed by atoms with van der Waals surface area (Å²) in [7, 11) is 1.99. The van der Waals surface area contributed by atoms with Crippen LogP contribution in [0.25, 0.3) is 0 Å². The molecule has 0 spiro atoms. The topological polar surface area (TPSA) is 51.0 Å². The second-order valence-corrected chi connectivity index (χ2v) is 7.56. The van der Waals surface area contributed by atoms with Gasteiger partial charge >= 0.3 is 0 Å². The number of thioether (sulfide) groups is 1. The van der Waals surface area contributed by atoms with E-state index in [4.69, 9.17) is 0 Å². The maximum Gasteiger partial charge on any atom is 0.236 e. The molecule has 2 aromatic rings. The summed E-state index contributed by atoms with van der Waals surface area (Å²) in [6.07, 6.45) is 4.56. The Bertz CT molecular complexity index is 696. The van der Waals surface area contributed by atoms with Gasteiger partial charge in [0.1, 0.15) is 12.2 Å². The Labute approximate surface area is 140 Å². The number of benzene rings is 1. The van der Waals surface area contributed by atoms with E-state index in [0.29, 0.717) is 11.8 Å². The molecule has 0 radical (unpaired) electrons. The molecule has 0 bridgehead atoms. The zero-order chi connectivity index (χ0) is 15.8. The number of piperidine rings is 1. The Balaban J connectivity index is 1.38. The Kier molecular flexibility index (Phi) is 3.85. The molecule has 1 saturated heterocycles. The van der Waals surface area contributed by atoms with Crippen molar-refractivity contribution in [3.05, 3.63) is 42.0 Å². The minimum absolute atomic E-state index is 0.0544. The summed E-state index contributed by atoms with van der Waals surface area (Å²) in [6, 6.07) is 8.35. The average molecular weight is 328 g/mol. The third kappa shape index (κ3) is 2.76. The summed E-state index contributed by atoms with van der Waals surface area (Å²) in [5.41, 5.74) is 1.31. The maximum atomic E-state index is 12.8. The number of nitrogens with zero attached hydrogens (tertiary/aromatic N) is 4. The van der Waals surface area contributed by atoms with Gasteiger partial charge in [-0.2, -0.15) is 0 Å². The van der Waals surface area contributed by atoms with Crippen LogP contribution in [0.5, 0.6) is 0 Å². The number of hydrogen-bond acceptors (Lipinski definition) is 4. The van der Waals surface area contributed by atoms with E-state index >= 15 is 0 Å². The number of hydrogen-bond donors (Lipinski definition) is 0. The van der Waals surface area contributed by atoms with Crippen LogP contribution in [0.3, 0.4) is 0 Å². The zero-order valence-electron chi connectivity index (χ0n) is 13.2.